The molecule has 4 nitrogen and oxygen atoms in total. The molecule has 0 fully saturated rings. The van der Waals surface area contributed by atoms with E-state index in [1.807, 2.05) is 0 Å². The molecule has 0 spiro atoms. The molecule has 4 heteroatoms. The quantitative estimate of drug-likeness (QED) is 0.152. The number of nitrogens with zero attached hydrogens (tertiary/aromatic N) is 2. The lowest BCUT2D eigenvalue weighted by Crippen LogP contribution is -2.15. The molecule has 15 rings (SSSR count). The largest absolute Gasteiger partial charge is 0.456 e. The molecular weight excluding hydrogens is 949 g/mol. The van der Waals surface area contributed by atoms with Crippen LogP contribution in [0.2, 0.25) is 0 Å². The average Bonchev–Trinajstić information content (AvgIpc) is 4.34. The highest BCUT2D eigenvalue weighted by molar-refractivity contribution is 6.18. The summed E-state index contributed by atoms with van der Waals surface area (Å²) >= 11 is 0. The van der Waals surface area contributed by atoms with Gasteiger partial charge in [0.25, 0.3) is 0 Å². The van der Waals surface area contributed by atoms with E-state index >= 15 is 0 Å². The van der Waals surface area contributed by atoms with Crippen LogP contribution in [0.1, 0.15) is 101 Å². The fourth-order valence-electron chi connectivity index (χ4n) is 13.4. The van der Waals surface area contributed by atoms with E-state index in [9.17, 15) is 0 Å². The van der Waals surface area contributed by atoms with Gasteiger partial charge < -0.3 is 18.6 Å². The van der Waals surface area contributed by atoms with Crippen molar-refractivity contribution in [3.05, 3.63) is 240 Å². The molecule has 78 heavy (non-hydrogen) atoms. The molecule has 0 saturated carbocycles. The Bertz CT molecular complexity index is 4330. The Hall–Kier alpha value is -8.86. The highest BCUT2D eigenvalue weighted by Crippen LogP contribution is 2.53. The first-order valence-electron chi connectivity index (χ1n) is 27.8. The van der Waals surface area contributed by atoms with Crippen LogP contribution in [0.25, 0.3) is 87.7 Å². The number of fused-ring (bicyclic) bond motifs is 14. The third-order valence-electron chi connectivity index (χ3n) is 17.7. The zero-order valence-electron chi connectivity index (χ0n) is 45.5. The number of benzene rings is 11. The standard InChI is InChI=1S/C74H60N2O2/c1-43(2)45-17-23-51(24-18-45)75(55-29-31-67-59(39-55)57-13-9-11-15-65(57)73(67,5)6)53-27-21-47-35-61-63-41-72-64(42-71(63)77-69(61)37-49(47)33-53)62-36-48-22-28-54(34-50(48)38-70(62)78-72)76(52-25-19-46(20-26-52)44(3)4)56-30-32-68-60(40-56)58-14-10-12-16-66(58)74(68,7)8/h9-44H,1-8H3. The molecule has 0 saturated heterocycles. The minimum Gasteiger partial charge on any atom is -0.456 e. The van der Waals surface area contributed by atoms with E-state index in [0.29, 0.717) is 11.8 Å². The summed E-state index contributed by atoms with van der Waals surface area (Å²) in [6, 6.07) is 77.0. The van der Waals surface area contributed by atoms with Crippen molar-refractivity contribution in [2.75, 3.05) is 9.80 Å². The topological polar surface area (TPSA) is 32.8 Å². The number of rotatable bonds is 8. The normalized spacial score (nSPS) is 14.1. The second kappa shape index (κ2) is 16.8. The van der Waals surface area contributed by atoms with E-state index in [0.717, 1.165) is 99.5 Å². The Morgan fingerprint density at radius 1 is 0.295 bits per heavy atom. The van der Waals surface area contributed by atoms with Crippen LogP contribution in [0.5, 0.6) is 0 Å². The molecule has 0 aliphatic heterocycles. The van der Waals surface area contributed by atoms with Gasteiger partial charge in [0.1, 0.15) is 22.3 Å². The van der Waals surface area contributed by atoms with E-state index in [4.69, 9.17) is 8.83 Å². The van der Waals surface area contributed by atoms with E-state index in [1.54, 1.807) is 0 Å². The van der Waals surface area contributed by atoms with Crippen LogP contribution in [0.15, 0.2) is 215 Å². The maximum absolute atomic E-state index is 6.83. The van der Waals surface area contributed by atoms with Crippen molar-refractivity contribution in [2.24, 2.45) is 0 Å². The van der Waals surface area contributed by atoms with Crippen LogP contribution < -0.4 is 9.80 Å². The van der Waals surface area contributed by atoms with Crippen LogP contribution in [-0.2, 0) is 10.8 Å². The monoisotopic (exact) mass is 1010 g/mol. The second-order valence-corrected chi connectivity index (χ2v) is 23.8. The van der Waals surface area contributed by atoms with E-state index in [1.165, 1.54) is 55.6 Å². The molecule has 0 amide bonds. The van der Waals surface area contributed by atoms with Crippen LogP contribution >= 0.6 is 0 Å². The first kappa shape index (κ1) is 46.4. The molecule has 2 aliphatic rings. The molecule has 0 unspecified atom stereocenters. The van der Waals surface area contributed by atoms with Gasteiger partial charge in [-0.3, -0.25) is 0 Å². The van der Waals surface area contributed by atoms with E-state index in [2.05, 4.69) is 271 Å². The smallest absolute Gasteiger partial charge is 0.136 e. The fraction of sp³-hybridized carbons (Fsp3) is 0.162. The molecular formula is C74H60N2O2. The first-order chi connectivity index (χ1) is 37.8. The minimum absolute atomic E-state index is 0.0646. The Balaban J connectivity index is 0.810. The van der Waals surface area contributed by atoms with Gasteiger partial charge in [0.05, 0.1) is 0 Å². The number of anilines is 6. The van der Waals surface area contributed by atoms with Crippen LogP contribution in [0.3, 0.4) is 0 Å². The van der Waals surface area contributed by atoms with Crippen LogP contribution in [-0.4, -0.2) is 0 Å². The molecule has 0 N–H and O–H groups in total. The summed E-state index contributed by atoms with van der Waals surface area (Å²) in [5.74, 6) is 0.889. The van der Waals surface area contributed by atoms with Gasteiger partial charge in [-0.25, -0.2) is 0 Å². The SMILES string of the molecule is CC(C)c1ccc(N(c2ccc3c(c2)-c2ccccc2C3(C)C)c2ccc3cc4c(cc3c2)oc2cc3c(cc24)oc2cc4cc(N(c5ccc(C(C)C)cc5)c5ccc6c(c5)-c5ccccc5C6(C)C)ccc4cc23)cc1. The summed E-state index contributed by atoms with van der Waals surface area (Å²) in [5, 5.41) is 8.77. The molecule has 2 aromatic heterocycles. The Morgan fingerprint density at radius 3 is 1.04 bits per heavy atom. The molecule has 0 radical (unpaired) electrons. The van der Waals surface area contributed by atoms with Crippen molar-refractivity contribution in [3.8, 4) is 22.3 Å². The summed E-state index contributed by atoms with van der Waals surface area (Å²) in [5.41, 5.74) is 23.3. The second-order valence-electron chi connectivity index (χ2n) is 23.8. The molecule has 0 atom stereocenters. The lowest BCUT2D eigenvalue weighted by atomic mass is 9.82. The van der Waals surface area contributed by atoms with Gasteiger partial charge in [0.15, 0.2) is 0 Å². The lowest BCUT2D eigenvalue weighted by molar-refractivity contribution is 0.660. The number of hydrogen-bond donors (Lipinski definition) is 0. The maximum atomic E-state index is 6.83. The van der Waals surface area contributed by atoms with Crippen molar-refractivity contribution >= 4 is 99.5 Å². The molecule has 13 aromatic rings. The summed E-state index contributed by atoms with van der Waals surface area (Å²) in [7, 11) is 0. The van der Waals surface area contributed by atoms with Crippen molar-refractivity contribution in [2.45, 2.75) is 78.1 Å². The molecule has 11 aromatic carbocycles. The Kier molecular flexibility index (Phi) is 10.0. The van der Waals surface area contributed by atoms with Gasteiger partial charge in [0, 0.05) is 66.5 Å². The van der Waals surface area contributed by atoms with Crippen LogP contribution in [0.4, 0.5) is 34.1 Å². The molecule has 378 valence electrons. The lowest BCUT2D eigenvalue weighted by Gasteiger charge is -2.27. The van der Waals surface area contributed by atoms with Gasteiger partial charge in [-0.15, -0.1) is 0 Å². The van der Waals surface area contributed by atoms with Crippen molar-refractivity contribution < 1.29 is 8.83 Å². The molecule has 2 heterocycles. The van der Waals surface area contributed by atoms with Gasteiger partial charge in [-0.05, 0) is 198 Å². The molecule has 0 bridgehead atoms. The van der Waals surface area contributed by atoms with Crippen LogP contribution in [0, 0.1) is 0 Å². The number of hydrogen-bond acceptors (Lipinski definition) is 4. The maximum Gasteiger partial charge on any atom is 0.136 e. The molecule has 2 aliphatic carbocycles. The predicted octanol–water partition coefficient (Wildman–Crippen LogP) is 21.6. The van der Waals surface area contributed by atoms with E-state index < -0.39 is 0 Å². The first-order valence-corrected chi connectivity index (χ1v) is 27.8. The Morgan fingerprint density at radius 2 is 0.628 bits per heavy atom. The summed E-state index contributed by atoms with van der Waals surface area (Å²) in [6.45, 7) is 18.4. The average molecular weight is 1010 g/mol. The zero-order chi connectivity index (χ0) is 52.9. The number of furan rings is 2. The third kappa shape index (κ3) is 6.98. The minimum atomic E-state index is -0.0646. The van der Waals surface area contributed by atoms with Gasteiger partial charge in [-0.2, -0.15) is 0 Å². The summed E-state index contributed by atoms with van der Waals surface area (Å²) < 4.78 is 13.7. The fourth-order valence-corrected chi connectivity index (χ4v) is 13.4. The zero-order valence-corrected chi connectivity index (χ0v) is 45.5. The third-order valence-corrected chi connectivity index (χ3v) is 17.7. The highest BCUT2D eigenvalue weighted by atomic mass is 16.3. The summed E-state index contributed by atoms with van der Waals surface area (Å²) in [4.78, 5) is 4.81. The highest BCUT2D eigenvalue weighted by Gasteiger charge is 2.37. The Labute approximate surface area is 455 Å². The van der Waals surface area contributed by atoms with Gasteiger partial charge >= 0.3 is 0 Å². The van der Waals surface area contributed by atoms with Gasteiger partial charge in [-0.1, -0.05) is 152 Å². The van der Waals surface area contributed by atoms with E-state index in [-0.39, 0.29) is 10.8 Å². The van der Waals surface area contributed by atoms with Gasteiger partial charge in [0.2, 0.25) is 0 Å². The van der Waals surface area contributed by atoms with Crippen molar-refractivity contribution in [1.82, 2.24) is 0 Å². The van der Waals surface area contributed by atoms with Crippen molar-refractivity contribution in [3.63, 3.8) is 0 Å². The summed E-state index contributed by atoms with van der Waals surface area (Å²) in [6.07, 6.45) is 0. The van der Waals surface area contributed by atoms with Crippen molar-refractivity contribution in [1.29, 1.82) is 0 Å². The predicted molar refractivity (Wildman–Crippen MR) is 329 cm³/mol.